The van der Waals surface area contributed by atoms with Crippen LogP contribution in [-0.4, -0.2) is 72.3 Å². The summed E-state index contributed by atoms with van der Waals surface area (Å²) in [7, 11) is 0. The maximum atomic E-state index is 13.3. The third-order valence-corrected chi connectivity index (χ3v) is 37.2. The van der Waals surface area contributed by atoms with Gasteiger partial charge in [-0.3, -0.25) is 0 Å². The summed E-state index contributed by atoms with van der Waals surface area (Å²) >= 11 is -13.0. The molecule has 4 aliphatic rings. The number of hydrogen-bond acceptors (Lipinski definition) is 8. The van der Waals surface area contributed by atoms with Gasteiger partial charge in [-0.05, 0) is 0 Å². The molecule has 0 aliphatic heterocycles. The normalized spacial score (nSPS) is 23.3. The monoisotopic (exact) mass is 788 g/mol. The van der Waals surface area contributed by atoms with Gasteiger partial charge in [-0.15, -0.1) is 0 Å². The first kappa shape index (κ1) is 26.9. The molecule has 4 saturated carbocycles. The molecule has 0 bridgehead atoms. The van der Waals surface area contributed by atoms with E-state index in [0.29, 0.717) is 25.7 Å². The molecule has 33 heavy (non-hydrogen) atoms. The first-order valence-electron chi connectivity index (χ1n) is 12.9. The van der Waals surface area contributed by atoms with Crippen molar-refractivity contribution in [2.75, 3.05) is 0 Å². The van der Waals surface area contributed by atoms with E-state index >= 15 is 0 Å². The summed E-state index contributed by atoms with van der Waals surface area (Å²) < 4.78 is 50.6. The van der Waals surface area contributed by atoms with E-state index in [1.807, 2.05) is 0 Å². The standard InChI is InChI=1S/2C6H10O2.2C5H9.4O.3Sn/c2*7-6(8)5-3-1-2-4-5;2*1-2-4-5-3-1;;;;;;;/h2*5H,1-4H2,(H,7,8);2*1H,2-5H2;;;;;;;/q;;;;;;;;;;+2/p-2. The third kappa shape index (κ3) is 7.44. The minimum atomic E-state index is -5.46. The van der Waals surface area contributed by atoms with E-state index in [4.69, 9.17) is 8.97 Å². The van der Waals surface area contributed by atoms with Crippen LogP contribution in [0.25, 0.3) is 0 Å². The Balaban J connectivity index is 1.58. The molecule has 0 spiro atoms. The Kier molecular flexibility index (Phi) is 10.5. The first-order chi connectivity index (χ1) is 16.0. The average Bonchev–Trinajstić information content (AvgIpc) is 3.61. The van der Waals surface area contributed by atoms with E-state index < -0.39 is 72.3 Å². The summed E-state index contributed by atoms with van der Waals surface area (Å²) in [5, 5.41) is 0. The summed E-state index contributed by atoms with van der Waals surface area (Å²) in [6, 6.07) is 0. The zero-order valence-corrected chi connectivity index (χ0v) is 28.0. The van der Waals surface area contributed by atoms with Gasteiger partial charge in [-0.1, -0.05) is 0 Å². The van der Waals surface area contributed by atoms with Gasteiger partial charge in [0.05, 0.1) is 0 Å². The molecule has 0 aromatic carbocycles. The predicted molar refractivity (Wildman–Crippen MR) is 121 cm³/mol. The SMILES string of the molecule is O=C([O][Sn]([O]C(=O)C1CCCC1)([O][Sn](=[O])[CH]1CCCC1)[O][Sn](=[O])[CH]1CCCC1)C1CCCC1. The molecular weight excluding hydrogens is 748 g/mol. The van der Waals surface area contributed by atoms with Crippen LogP contribution in [0.4, 0.5) is 0 Å². The number of rotatable bonds is 10. The Morgan fingerprint density at radius 2 is 0.848 bits per heavy atom. The fraction of sp³-hybridized carbons (Fsp3) is 0.909. The van der Waals surface area contributed by atoms with Gasteiger partial charge in [0.15, 0.2) is 0 Å². The molecule has 0 aromatic heterocycles. The van der Waals surface area contributed by atoms with Gasteiger partial charge in [-0.2, -0.15) is 0 Å². The van der Waals surface area contributed by atoms with Gasteiger partial charge in [-0.25, -0.2) is 0 Å². The van der Waals surface area contributed by atoms with Crippen LogP contribution >= 0.6 is 0 Å². The zero-order chi connectivity index (χ0) is 23.3. The van der Waals surface area contributed by atoms with Crippen LogP contribution in [-0.2, 0) is 24.7 Å². The van der Waals surface area contributed by atoms with Gasteiger partial charge in [0.25, 0.3) is 0 Å². The Hall–Kier alpha value is 0.856. The van der Waals surface area contributed by atoms with Crippen LogP contribution in [0.2, 0.25) is 7.87 Å². The van der Waals surface area contributed by atoms with Gasteiger partial charge < -0.3 is 0 Å². The Morgan fingerprint density at radius 3 is 1.18 bits per heavy atom. The molecule has 0 aromatic rings. The summed E-state index contributed by atoms with van der Waals surface area (Å²) in [6.07, 6.45) is 13.9. The van der Waals surface area contributed by atoms with Crippen molar-refractivity contribution in [3.8, 4) is 0 Å². The van der Waals surface area contributed by atoms with Crippen molar-refractivity contribution in [3.63, 3.8) is 0 Å². The van der Waals surface area contributed by atoms with Crippen molar-refractivity contribution in [2.24, 2.45) is 11.8 Å². The molecule has 4 rings (SSSR count). The molecule has 4 aliphatic carbocycles. The van der Waals surface area contributed by atoms with Crippen molar-refractivity contribution < 1.29 is 24.7 Å². The molecular formula is C22H36O8Sn3. The molecule has 0 atom stereocenters. The van der Waals surface area contributed by atoms with E-state index in [9.17, 15) is 15.7 Å². The van der Waals surface area contributed by atoms with Gasteiger partial charge in [0, 0.05) is 0 Å². The predicted octanol–water partition coefficient (Wildman–Crippen LogP) is 4.65. The Labute approximate surface area is 217 Å². The quantitative estimate of drug-likeness (QED) is 0.295. The molecule has 0 unspecified atom stereocenters. The molecule has 11 heteroatoms. The van der Waals surface area contributed by atoms with Crippen LogP contribution in [0.1, 0.15) is 103 Å². The fourth-order valence-electron chi connectivity index (χ4n) is 5.60. The molecule has 0 heterocycles. The Morgan fingerprint density at radius 1 is 0.545 bits per heavy atom. The van der Waals surface area contributed by atoms with Crippen molar-refractivity contribution in [2.45, 2.75) is 111 Å². The topological polar surface area (TPSA) is 105 Å². The van der Waals surface area contributed by atoms with Crippen molar-refractivity contribution in [1.29, 1.82) is 0 Å². The molecule has 4 fully saturated rings. The molecule has 0 radical (unpaired) electrons. The Bertz CT molecular complexity index is 610. The molecule has 0 saturated heterocycles. The molecule has 184 valence electrons. The van der Waals surface area contributed by atoms with E-state index in [-0.39, 0.29) is 19.7 Å². The fourth-order valence-corrected chi connectivity index (χ4v) is 41.2. The van der Waals surface area contributed by atoms with Gasteiger partial charge in [0.1, 0.15) is 0 Å². The summed E-state index contributed by atoms with van der Waals surface area (Å²) in [4.78, 5) is 26.2. The molecule has 0 N–H and O–H groups in total. The third-order valence-electron chi connectivity index (χ3n) is 7.66. The van der Waals surface area contributed by atoms with E-state index in [0.717, 1.165) is 77.0 Å². The van der Waals surface area contributed by atoms with Crippen LogP contribution < -0.4 is 0 Å². The van der Waals surface area contributed by atoms with E-state index in [1.165, 1.54) is 0 Å². The maximum absolute atomic E-state index is 13.3. The summed E-state index contributed by atoms with van der Waals surface area (Å²) in [5.41, 5.74) is 0. The van der Waals surface area contributed by atoms with Crippen molar-refractivity contribution in [3.05, 3.63) is 0 Å². The number of carbonyl (C=O) groups excluding carboxylic acids is 2. The van der Waals surface area contributed by atoms with Crippen molar-refractivity contribution >= 4 is 72.3 Å². The van der Waals surface area contributed by atoms with Gasteiger partial charge >= 0.3 is 219 Å². The minimum absolute atomic E-state index is 0.0346. The summed E-state index contributed by atoms with van der Waals surface area (Å²) in [5.74, 6) is -1.52. The van der Waals surface area contributed by atoms with Crippen LogP contribution in [0.3, 0.4) is 0 Å². The van der Waals surface area contributed by atoms with Crippen LogP contribution in [0, 0.1) is 11.8 Å². The number of hydrogen-bond donors (Lipinski definition) is 0. The van der Waals surface area contributed by atoms with E-state index in [1.54, 1.807) is 0 Å². The van der Waals surface area contributed by atoms with Crippen molar-refractivity contribution in [1.82, 2.24) is 0 Å². The second kappa shape index (κ2) is 12.9. The summed E-state index contributed by atoms with van der Waals surface area (Å²) in [6.45, 7) is 0. The zero-order valence-electron chi connectivity index (χ0n) is 19.4. The van der Waals surface area contributed by atoms with Gasteiger partial charge in [0.2, 0.25) is 0 Å². The van der Waals surface area contributed by atoms with Crippen LogP contribution in [0.5, 0.6) is 0 Å². The van der Waals surface area contributed by atoms with E-state index in [2.05, 4.69) is 0 Å². The second-order valence-electron chi connectivity index (χ2n) is 10.1. The molecule has 0 amide bonds. The number of carbonyl (C=O) groups is 2. The molecule has 8 nitrogen and oxygen atoms in total. The average molecular weight is 785 g/mol. The first-order valence-corrected chi connectivity index (χ1v) is 25.5. The second-order valence-corrected chi connectivity index (χ2v) is 31.4. The van der Waals surface area contributed by atoms with Crippen LogP contribution in [0.15, 0.2) is 0 Å².